The van der Waals surface area contributed by atoms with Crippen LogP contribution in [0, 0.1) is 5.82 Å². The van der Waals surface area contributed by atoms with Crippen LogP contribution in [-0.4, -0.2) is 20.5 Å². The number of aromatic nitrogens is 3. The van der Waals surface area contributed by atoms with E-state index in [1.54, 1.807) is 34.9 Å². The molecule has 3 aromatic rings. The van der Waals surface area contributed by atoms with Gasteiger partial charge in [-0.05, 0) is 24.3 Å². The minimum atomic E-state index is -0.362. The monoisotopic (exact) mass is 348 g/mol. The minimum Gasteiger partial charge on any atom is -0.348 e. The largest absolute Gasteiger partial charge is 0.348 e. The molecular formula is C14H10BrFN4O. The predicted molar refractivity (Wildman–Crippen MR) is 78.3 cm³/mol. The third kappa shape index (κ3) is 2.92. The second kappa shape index (κ2) is 5.61. The number of nitrogens with one attached hydrogen (secondary N) is 1. The summed E-state index contributed by atoms with van der Waals surface area (Å²) in [5.74, 6) is -0.646. The van der Waals surface area contributed by atoms with Crippen LogP contribution < -0.4 is 5.32 Å². The molecule has 0 bridgehead atoms. The van der Waals surface area contributed by atoms with Gasteiger partial charge < -0.3 is 5.32 Å². The van der Waals surface area contributed by atoms with E-state index in [1.807, 2.05) is 0 Å². The van der Waals surface area contributed by atoms with Crippen molar-refractivity contribution < 1.29 is 9.18 Å². The molecule has 3 rings (SSSR count). The Hall–Kier alpha value is -2.28. The summed E-state index contributed by atoms with van der Waals surface area (Å²) in [5, 5.41) is 10.3. The van der Waals surface area contributed by atoms with Gasteiger partial charge in [-0.25, -0.2) is 4.39 Å². The molecule has 0 atom stereocenters. The second-order valence-corrected chi connectivity index (χ2v) is 5.35. The zero-order valence-electron chi connectivity index (χ0n) is 10.8. The van der Waals surface area contributed by atoms with Crippen molar-refractivity contribution in [3.63, 3.8) is 0 Å². The molecule has 0 unspecified atom stereocenters. The van der Waals surface area contributed by atoms with E-state index in [-0.39, 0.29) is 18.3 Å². The van der Waals surface area contributed by atoms with Crippen molar-refractivity contribution in [3.05, 3.63) is 64.3 Å². The third-order valence-electron chi connectivity index (χ3n) is 3.01. The lowest BCUT2D eigenvalue weighted by molar-refractivity contribution is 0.0950. The van der Waals surface area contributed by atoms with E-state index in [0.717, 1.165) is 0 Å². The Morgan fingerprint density at radius 3 is 3.00 bits per heavy atom. The van der Waals surface area contributed by atoms with E-state index in [0.29, 0.717) is 21.2 Å². The fourth-order valence-electron chi connectivity index (χ4n) is 1.90. The summed E-state index contributed by atoms with van der Waals surface area (Å²) in [6.07, 6.45) is 3.14. The summed E-state index contributed by atoms with van der Waals surface area (Å²) in [5.41, 5.74) is 1.54. The summed E-state index contributed by atoms with van der Waals surface area (Å²) in [6.45, 7) is 0.123. The summed E-state index contributed by atoms with van der Waals surface area (Å²) in [4.78, 5) is 12.1. The van der Waals surface area contributed by atoms with Gasteiger partial charge in [-0.3, -0.25) is 9.20 Å². The molecule has 1 amide bonds. The van der Waals surface area contributed by atoms with Gasteiger partial charge in [0.05, 0.1) is 5.56 Å². The molecule has 2 heterocycles. The third-order valence-corrected chi connectivity index (χ3v) is 3.50. The van der Waals surface area contributed by atoms with Gasteiger partial charge in [-0.1, -0.05) is 22.0 Å². The first kappa shape index (κ1) is 13.7. The molecule has 0 spiro atoms. The van der Waals surface area contributed by atoms with Crippen LogP contribution in [0.3, 0.4) is 0 Å². The van der Waals surface area contributed by atoms with Gasteiger partial charge in [0.25, 0.3) is 5.91 Å². The molecular weight excluding hydrogens is 339 g/mol. The number of rotatable bonds is 3. The Morgan fingerprint density at radius 1 is 1.33 bits per heavy atom. The van der Waals surface area contributed by atoms with Gasteiger partial charge in [-0.15, -0.1) is 10.2 Å². The van der Waals surface area contributed by atoms with Crippen LogP contribution >= 0.6 is 15.9 Å². The maximum atomic E-state index is 13.7. The number of pyridine rings is 1. The maximum absolute atomic E-state index is 13.7. The first-order valence-electron chi connectivity index (χ1n) is 6.15. The molecule has 0 fully saturated rings. The Bertz CT molecular complexity index is 818. The number of hydrogen-bond acceptors (Lipinski definition) is 3. The van der Waals surface area contributed by atoms with Gasteiger partial charge >= 0.3 is 0 Å². The standard InChI is InChI=1S/C14H10BrFN4O/c15-11-3-1-9(12(16)5-11)6-17-14(21)10-2-4-13-19-18-8-20(13)7-10/h1-5,7-8H,6H2,(H,17,21). The van der Waals surface area contributed by atoms with Gasteiger partial charge in [0.15, 0.2) is 5.65 Å². The molecule has 0 aliphatic heterocycles. The second-order valence-electron chi connectivity index (χ2n) is 4.43. The van der Waals surface area contributed by atoms with E-state index in [9.17, 15) is 9.18 Å². The Balaban J connectivity index is 1.73. The molecule has 0 saturated heterocycles. The fourth-order valence-corrected chi connectivity index (χ4v) is 2.24. The number of amides is 1. The van der Waals surface area contributed by atoms with E-state index >= 15 is 0 Å². The molecule has 0 saturated carbocycles. The van der Waals surface area contributed by atoms with Crippen LogP contribution in [0.2, 0.25) is 0 Å². The number of halogens is 2. The van der Waals surface area contributed by atoms with Crippen molar-refractivity contribution in [3.8, 4) is 0 Å². The molecule has 0 radical (unpaired) electrons. The number of fused-ring (bicyclic) bond motifs is 1. The zero-order valence-corrected chi connectivity index (χ0v) is 12.3. The van der Waals surface area contributed by atoms with Crippen molar-refractivity contribution in [2.75, 3.05) is 0 Å². The topological polar surface area (TPSA) is 59.3 Å². The first-order valence-corrected chi connectivity index (χ1v) is 6.94. The van der Waals surface area contributed by atoms with E-state index in [1.165, 1.54) is 12.4 Å². The highest BCUT2D eigenvalue weighted by molar-refractivity contribution is 9.10. The summed E-state index contributed by atoms with van der Waals surface area (Å²) < 4.78 is 16.0. The average molecular weight is 349 g/mol. The fraction of sp³-hybridized carbons (Fsp3) is 0.0714. The van der Waals surface area contributed by atoms with Gasteiger partial charge in [0.2, 0.25) is 0 Å². The molecule has 7 heteroatoms. The van der Waals surface area contributed by atoms with Crippen molar-refractivity contribution in [1.29, 1.82) is 0 Å². The van der Waals surface area contributed by atoms with Crippen LogP contribution in [-0.2, 0) is 6.54 Å². The van der Waals surface area contributed by atoms with E-state index in [4.69, 9.17) is 0 Å². The summed E-state index contributed by atoms with van der Waals surface area (Å²) in [7, 11) is 0. The van der Waals surface area contributed by atoms with Crippen LogP contribution in [0.1, 0.15) is 15.9 Å². The zero-order chi connectivity index (χ0) is 14.8. The number of carbonyl (C=O) groups is 1. The number of benzene rings is 1. The lowest BCUT2D eigenvalue weighted by Crippen LogP contribution is -2.23. The smallest absolute Gasteiger partial charge is 0.253 e. The summed E-state index contributed by atoms with van der Waals surface area (Å²) in [6, 6.07) is 8.07. The number of carbonyl (C=O) groups excluding carboxylic acids is 1. The van der Waals surface area contributed by atoms with Crippen molar-refractivity contribution >= 4 is 27.5 Å². The first-order chi connectivity index (χ1) is 10.1. The van der Waals surface area contributed by atoms with Crippen molar-refractivity contribution in [1.82, 2.24) is 19.9 Å². The van der Waals surface area contributed by atoms with Gasteiger partial charge in [0.1, 0.15) is 12.1 Å². The highest BCUT2D eigenvalue weighted by atomic mass is 79.9. The minimum absolute atomic E-state index is 0.123. The number of hydrogen-bond donors (Lipinski definition) is 1. The molecule has 106 valence electrons. The molecule has 0 aliphatic carbocycles. The maximum Gasteiger partial charge on any atom is 0.253 e. The van der Waals surface area contributed by atoms with Crippen molar-refractivity contribution in [2.24, 2.45) is 0 Å². The van der Waals surface area contributed by atoms with Gasteiger partial charge in [-0.2, -0.15) is 0 Å². The highest BCUT2D eigenvalue weighted by Crippen LogP contribution is 2.15. The van der Waals surface area contributed by atoms with E-state index < -0.39 is 0 Å². The molecule has 2 aromatic heterocycles. The molecule has 21 heavy (non-hydrogen) atoms. The van der Waals surface area contributed by atoms with Crippen LogP contribution in [0.25, 0.3) is 5.65 Å². The predicted octanol–water partition coefficient (Wildman–Crippen LogP) is 2.56. The Morgan fingerprint density at radius 2 is 2.19 bits per heavy atom. The quantitative estimate of drug-likeness (QED) is 0.791. The van der Waals surface area contributed by atoms with Crippen LogP contribution in [0.5, 0.6) is 0 Å². The molecule has 1 N–H and O–H groups in total. The van der Waals surface area contributed by atoms with E-state index in [2.05, 4.69) is 31.4 Å². The van der Waals surface area contributed by atoms with Crippen molar-refractivity contribution in [2.45, 2.75) is 6.54 Å². The van der Waals surface area contributed by atoms with Crippen LogP contribution in [0.15, 0.2) is 47.3 Å². The SMILES string of the molecule is O=C(NCc1ccc(Br)cc1F)c1ccc2nncn2c1. The lowest BCUT2D eigenvalue weighted by Gasteiger charge is -2.07. The normalized spacial score (nSPS) is 10.8. The molecule has 1 aromatic carbocycles. The highest BCUT2D eigenvalue weighted by Gasteiger charge is 2.09. The van der Waals surface area contributed by atoms with Gasteiger partial charge in [0, 0.05) is 22.8 Å². The summed E-state index contributed by atoms with van der Waals surface area (Å²) >= 11 is 3.19. The Kier molecular flexibility index (Phi) is 3.66. The van der Waals surface area contributed by atoms with Crippen LogP contribution in [0.4, 0.5) is 4.39 Å². The lowest BCUT2D eigenvalue weighted by atomic mass is 10.2. The average Bonchev–Trinajstić information content (AvgIpc) is 2.93. The number of nitrogens with zero attached hydrogens (tertiary/aromatic N) is 3. The molecule has 0 aliphatic rings. The molecule has 5 nitrogen and oxygen atoms in total. The Labute approximate surface area is 127 Å².